The molecule has 3 rings (SSSR count). The summed E-state index contributed by atoms with van der Waals surface area (Å²) in [7, 11) is 0. The molecule has 2 aliphatic heterocycles. The lowest BCUT2D eigenvalue weighted by Gasteiger charge is -2.44. The minimum atomic E-state index is -0.298. The number of hydrogen-bond acceptors (Lipinski definition) is 3. The molecule has 114 valence electrons. The lowest BCUT2D eigenvalue weighted by atomic mass is 9.84. The van der Waals surface area contributed by atoms with Gasteiger partial charge in [-0.2, -0.15) is 0 Å². The molecule has 21 heavy (non-hydrogen) atoms. The second-order valence-corrected chi connectivity index (χ2v) is 6.49. The van der Waals surface area contributed by atoms with Gasteiger partial charge in [0.2, 0.25) is 0 Å². The van der Waals surface area contributed by atoms with Crippen molar-refractivity contribution in [3.63, 3.8) is 0 Å². The van der Waals surface area contributed by atoms with Crippen LogP contribution < -0.4 is 0 Å². The molecule has 0 unspecified atom stereocenters. The van der Waals surface area contributed by atoms with Gasteiger partial charge in [-0.1, -0.05) is 30.2 Å². The molecule has 1 aromatic carbocycles. The Labute approximate surface area is 131 Å². The van der Waals surface area contributed by atoms with E-state index in [0.29, 0.717) is 29.2 Å². The van der Waals surface area contributed by atoms with Crippen molar-refractivity contribution in [1.82, 2.24) is 4.90 Å². The molecule has 0 aromatic heterocycles. The number of ether oxygens (including phenoxy) is 1. The predicted molar refractivity (Wildman–Crippen MR) is 83.7 cm³/mol. The number of rotatable bonds is 3. The smallest absolute Gasteiger partial charge is 0.339 e. The van der Waals surface area contributed by atoms with Crippen molar-refractivity contribution in [3.05, 3.63) is 34.9 Å². The quantitative estimate of drug-likeness (QED) is 0.796. The zero-order valence-corrected chi connectivity index (χ0v) is 13.0. The molecule has 2 heterocycles. The van der Waals surface area contributed by atoms with Gasteiger partial charge in [-0.05, 0) is 50.9 Å². The Bertz CT molecular complexity index is 503. The first kappa shape index (κ1) is 14.9. The zero-order valence-electron chi connectivity index (χ0n) is 12.3. The molecule has 0 N–H and O–H groups in total. The standard InChI is InChI=1S/C17H22ClNO2/c18-15-8-2-1-7-14(15)17(20)21-12-13-6-5-11-19-10-4-3-9-16(13)19/h1-2,7-8,13,16H,3-6,9-12H2/t13-,16-/m1/s1. The summed E-state index contributed by atoms with van der Waals surface area (Å²) in [5, 5.41) is 0.463. The highest BCUT2D eigenvalue weighted by Crippen LogP contribution is 2.31. The second-order valence-electron chi connectivity index (χ2n) is 6.08. The van der Waals surface area contributed by atoms with Crippen LogP contribution in [0.5, 0.6) is 0 Å². The number of carbonyl (C=O) groups excluding carboxylic acids is 1. The summed E-state index contributed by atoms with van der Waals surface area (Å²) in [6, 6.07) is 7.68. The molecule has 0 amide bonds. The number of esters is 1. The maximum atomic E-state index is 12.1. The van der Waals surface area contributed by atoms with Crippen LogP contribution in [0.3, 0.4) is 0 Å². The van der Waals surface area contributed by atoms with Gasteiger partial charge in [0.25, 0.3) is 0 Å². The third-order valence-corrected chi connectivity index (χ3v) is 5.08. The fraction of sp³-hybridized carbons (Fsp3) is 0.588. The minimum Gasteiger partial charge on any atom is -0.462 e. The summed E-state index contributed by atoms with van der Waals surface area (Å²) < 4.78 is 5.55. The number of halogens is 1. The van der Waals surface area contributed by atoms with Crippen molar-refractivity contribution in [2.24, 2.45) is 5.92 Å². The van der Waals surface area contributed by atoms with E-state index in [0.717, 1.165) is 6.42 Å². The normalized spacial score (nSPS) is 26.1. The summed E-state index contributed by atoms with van der Waals surface area (Å²) >= 11 is 6.04. The van der Waals surface area contributed by atoms with Gasteiger partial charge < -0.3 is 4.74 Å². The number of carbonyl (C=O) groups is 1. The largest absolute Gasteiger partial charge is 0.462 e. The van der Waals surface area contributed by atoms with Crippen LogP contribution in [0.1, 0.15) is 42.5 Å². The molecular weight excluding hydrogens is 286 g/mol. The van der Waals surface area contributed by atoms with Gasteiger partial charge in [0.15, 0.2) is 0 Å². The van der Waals surface area contributed by atoms with E-state index in [1.165, 1.54) is 38.8 Å². The highest BCUT2D eigenvalue weighted by molar-refractivity contribution is 6.33. The van der Waals surface area contributed by atoms with Crippen molar-refractivity contribution in [2.45, 2.75) is 38.1 Å². The van der Waals surface area contributed by atoms with E-state index in [1.807, 2.05) is 12.1 Å². The van der Waals surface area contributed by atoms with Crippen molar-refractivity contribution in [3.8, 4) is 0 Å². The van der Waals surface area contributed by atoms with E-state index >= 15 is 0 Å². The molecule has 4 heteroatoms. The second kappa shape index (κ2) is 6.80. The third kappa shape index (κ3) is 3.41. The van der Waals surface area contributed by atoms with Crippen LogP contribution in [0, 0.1) is 5.92 Å². The number of fused-ring (bicyclic) bond motifs is 1. The van der Waals surface area contributed by atoms with Crippen LogP contribution in [0.15, 0.2) is 24.3 Å². The van der Waals surface area contributed by atoms with Gasteiger partial charge in [-0.15, -0.1) is 0 Å². The van der Waals surface area contributed by atoms with E-state index < -0.39 is 0 Å². The number of piperidine rings is 2. The fourth-order valence-corrected chi connectivity index (χ4v) is 3.87. The molecule has 0 spiro atoms. The third-order valence-electron chi connectivity index (χ3n) is 4.75. The summed E-state index contributed by atoms with van der Waals surface area (Å²) in [6.45, 7) is 2.93. The summed E-state index contributed by atoms with van der Waals surface area (Å²) in [4.78, 5) is 14.7. The number of nitrogens with zero attached hydrogens (tertiary/aromatic N) is 1. The lowest BCUT2D eigenvalue weighted by molar-refractivity contribution is 0.00740. The van der Waals surface area contributed by atoms with Gasteiger partial charge in [-0.25, -0.2) is 4.79 Å². The summed E-state index contributed by atoms with van der Waals surface area (Å²) in [6.07, 6.45) is 6.23. The van der Waals surface area contributed by atoms with Crippen molar-refractivity contribution < 1.29 is 9.53 Å². The lowest BCUT2D eigenvalue weighted by Crippen LogP contribution is -2.49. The maximum absolute atomic E-state index is 12.1. The molecule has 0 saturated carbocycles. The minimum absolute atomic E-state index is 0.298. The van der Waals surface area contributed by atoms with Crippen molar-refractivity contribution in [2.75, 3.05) is 19.7 Å². The number of benzene rings is 1. The predicted octanol–water partition coefficient (Wildman–Crippen LogP) is 3.76. The molecule has 2 saturated heterocycles. The van der Waals surface area contributed by atoms with Gasteiger partial charge in [0.1, 0.15) is 0 Å². The average molecular weight is 308 g/mol. The number of hydrogen-bond donors (Lipinski definition) is 0. The molecule has 0 bridgehead atoms. The molecule has 2 fully saturated rings. The Morgan fingerprint density at radius 1 is 1.19 bits per heavy atom. The van der Waals surface area contributed by atoms with Gasteiger partial charge in [-0.3, -0.25) is 4.90 Å². The van der Waals surface area contributed by atoms with Crippen molar-refractivity contribution >= 4 is 17.6 Å². The summed E-state index contributed by atoms with van der Waals surface area (Å²) in [5.41, 5.74) is 0.468. The molecule has 0 radical (unpaired) electrons. The topological polar surface area (TPSA) is 29.5 Å². The SMILES string of the molecule is O=C(OC[C@H]1CCCN2CCCC[C@H]12)c1ccccc1Cl. The highest BCUT2D eigenvalue weighted by atomic mass is 35.5. The highest BCUT2D eigenvalue weighted by Gasteiger charge is 2.33. The zero-order chi connectivity index (χ0) is 14.7. The van der Waals surface area contributed by atoms with Crippen LogP contribution in [-0.4, -0.2) is 36.6 Å². The average Bonchev–Trinajstić information content (AvgIpc) is 2.53. The molecule has 3 nitrogen and oxygen atoms in total. The van der Waals surface area contributed by atoms with E-state index in [4.69, 9.17) is 16.3 Å². The molecular formula is C17H22ClNO2. The summed E-state index contributed by atoms with van der Waals surface area (Å²) in [5.74, 6) is 0.180. The fourth-order valence-electron chi connectivity index (χ4n) is 3.66. The van der Waals surface area contributed by atoms with Crippen LogP contribution in [-0.2, 0) is 4.74 Å². The monoisotopic (exact) mass is 307 g/mol. The first-order valence-corrected chi connectivity index (χ1v) is 8.29. The van der Waals surface area contributed by atoms with Crippen molar-refractivity contribution in [1.29, 1.82) is 0 Å². The Hall–Kier alpha value is -1.06. The Balaban J connectivity index is 1.59. The van der Waals surface area contributed by atoms with E-state index in [1.54, 1.807) is 12.1 Å². The van der Waals surface area contributed by atoms with Crippen LogP contribution >= 0.6 is 11.6 Å². The van der Waals surface area contributed by atoms with Crippen LogP contribution in [0.2, 0.25) is 5.02 Å². The Morgan fingerprint density at radius 2 is 2.00 bits per heavy atom. The first-order valence-electron chi connectivity index (χ1n) is 7.91. The maximum Gasteiger partial charge on any atom is 0.339 e. The Morgan fingerprint density at radius 3 is 2.86 bits per heavy atom. The van der Waals surface area contributed by atoms with Crippen LogP contribution in [0.4, 0.5) is 0 Å². The van der Waals surface area contributed by atoms with Gasteiger partial charge in [0.05, 0.1) is 17.2 Å². The first-order chi connectivity index (χ1) is 10.3. The van der Waals surface area contributed by atoms with Crippen LogP contribution in [0.25, 0.3) is 0 Å². The molecule has 2 aliphatic rings. The molecule has 2 atom stereocenters. The van der Waals surface area contributed by atoms with E-state index in [9.17, 15) is 4.79 Å². The molecule has 1 aromatic rings. The van der Waals surface area contributed by atoms with Gasteiger partial charge in [0, 0.05) is 12.0 Å². The van der Waals surface area contributed by atoms with Gasteiger partial charge >= 0.3 is 5.97 Å². The van der Waals surface area contributed by atoms with E-state index in [-0.39, 0.29) is 5.97 Å². The molecule has 0 aliphatic carbocycles. The van der Waals surface area contributed by atoms with E-state index in [2.05, 4.69) is 4.90 Å². The Kier molecular flexibility index (Phi) is 4.81.